The third-order valence-corrected chi connectivity index (χ3v) is 6.25. The van der Waals surface area contributed by atoms with Gasteiger partial charge in [0.25, 0.3) is 5.56 Å². The molecule has 0 amide bonds. The SMILES string of the molecule is CCc1ccc2oc(=O)cc(CN3C[C@@H]4C[C@@H](C3)c3cccc(=O)n3C4)c2c1. The predicted molar refractivity (Wildman–Crippen MR) is 109 cm³/mol. The lowest BCUT2D eigenvalue weighted by Gasteiger charge is -2.42. The zero-order valence-electron chi connectivity index (χ0n) is 16.1. The third-order valence-electron chi connectivity index (χ3n) is 6.25. The number of aromatic nitrogens is 1. The summed E-state index contributed by atoms with van der Waals surface area (Å²) < 4.78 is 7.37. The molecule has 2 aromatic heterocycles. The van der Waals surface area contributed by atoms with Crippen LogP contribution >= 0.6 is 0 Å². The quantitative estimate of drug-likeness (QED) is 0.659. The van der Waals surface area contributed by atoms with Gasteiger partial charge in [0.2, 0.25) is 0 Å². The molecule has 0 unspecified atom stereocenters. The second-order valence-electron chi connectivity index (χ2n) is 8.17. The monoisotopic (exact) mass is 376 g/mol. The summed E-state index contributed by atoms with van der Waals surface area (Å²) in [6.07, 6.45) is 2.09. The van der Waals surface area contributed by atoms with Crippen LogP contribution in [0.5, 0.6) is 0 Å². The first-order valence-corrected chi connectivity index (χ1v) is 10.1. The highest BCUT2D eigenvalue weighted by atomic mass is 16.4. The molecule has 1 fully saturated rings. The van der Waals surface area contributed by atoms with E-state index in [0.717, 1.165) is 55.7 Å². The minimum atomic E-state index is -0.291. The van der Waals surface area contributed by atoms with E-state index in [-0.39, 0.29) is 11.2 Å². The van der Waals surface area contributed by atoms with Gasteiger partial charge in [-0.2, -0.15) is 0 Å². The smallest absolute Gasteiger partial charge is 0.336 e. The minimum Gasteiger partial charge on any atom is -0.423 e. The van der Waals surface area contributed by atoms with Crippen molar-refractivity contribution in [2.24, 2.45) is 5.92 Å². The second-order valence-corrected chi connectivity index (χ2v) is 8.17. The standard InChI is InChI=1S/C23H24N2O3/c1-2-15-6-7-21-19(9-15)17(10-23(27)28-21)13-24-11-16-8-18(14-24)20-4-3-5-22(26)25(20)12-16/h3-7,9-10,16,18H,2,8,11-14H2,1H3/t16-,18-/m0/s1. The Morgan fingerprint density at radius 3 is 2.82 bits per heavy atom. The Morgan fingerprint density at radius 2 is 1.96 bits per heavy atom. The topological polar surface area (TPSA) is 55.5 Å². The van der Waals surface area contributed by atoms with E-state index in [9.17, 15) is 9.59 Å². The van der Waals surface area contributed by atoms with Crippen LogP contribution in [0, 0.1) is 5.92 Å². The highest BCUT2D eigenvalue weighted by molar-refractivity contribution is 5.80. The molecule has 5 rings (SSSR count). The molecule has 5 heteroatoms. The lowest BCUT2D eigenvalue weighted by molar-refractivity contribution is 0.114. The number of fused-ring (bicyclic) bond motifs is 5. The number of nitrogens with zero attached hydrogens (tertiary/aromatic N) is 2. The third kappa shape index (κ3) is 3.00. The number of hydrogen-bond donors (Lipinski definition) is 0. The van der Waals surface area contributed by atoms with Crippen molar-refractivity contribution >= 4 is 11.0 Å². The van der Waals surface area contributed by atoms with Crippen molar-refractivity contribution in [3.8, 4) is 0 Å². The van der Waals surface area contributed by atoms with Gasteiger partial charge >= 0.3 is 5.63 Å². The van der Waals surface area contributed by atoms with Crippen LogP contribution in [0.4, 0.5) is 0 Å². The van der Waals surface area contributed by atoms with Crippen molar-refractivity contribution in [1.29, 1.82) is 0 Å². The second kappa shape index (κ2) is 6.74. The van der Waals surface area contributed by atoms with Crippen LogP contribution in [-0.4, -0.2) is 22.6 Å². The van der Waals surface area contributed by atoms with Gasteiger partial charge in [0.05, 0.1) is 0 Å². The summed E-state index contributed by atoms with van der Waals surface area (Å²) in [4.78, 5) is 26.7. The normalized spacial score (nSPS) is 21.6. The van der Waals surface area contributed by atoms with E-state index in [2.05, 4.69) is 24.0 Å². The minimum absolute atomic E-state index is 0.111. The molecule has 0 saturated carbocycles. The van der Waals surface area contributed by atoms with Crippen molar-refractivity contribution in [2.45, 2.75) is 38.8 Å². The number of benzene rings is 1. The van der Waals surface area contributed by atoms with E-state index < -0.39 is 0 Å². The fourth-order valence-electron chi connectivity index (χ4n) is 4.99. The molecule has 1 saturated heterocycles. The Kier molecular flexibility index (Phi) is 4.20. The van der Waals surface area contributed by atoms with Crippen LogP contribution in [0.15, 0.2) is 56.5 Å². The fourth-order valence-corrected chi connectivity index (χ4v) is 4.99. The van der Waals surface area contributed by atoms with Crippen molar-refractivity contribution in [3.63, 3.8) is 0 Å². The fraction of sp³-hybridized carbons (Fsp3) is 0.391. The molecular formula is C23H24N2O3. The van der Waals surface area contributed by atoms with E-state index in [4.69, 9.17) is 4.42 Å². The average molecular weight is 376 g/mol. The number of aryl methyl sites for hydroxylation is 1. The lowest BCUT2D eigenvalue weighted by Crippen LogP contribution is -2.46. The van der Waals surface area contributed by atoms with Gasteiger partial charge in [-0.1, -0.05) is 19.1 Å². The molecule has 2 atom stereocenters. The molecule has 5 nitrogen and oxygen atoms in total. The molecule has 2 aliphatic rings. The van der Waals surface area contributed by atoms with E-state index >= 15 is 0 Å². The largest absolute Gasteiger partial charge is 0.423 e. The first kappa shape index (κ1) is 17.4. The van der Waals surface area contributed by atoms with Crippen LogP contribution in [0.1, 0.15) is 36.1 Å². The summed E-state index contributed by atoms with van der Waals surface area (Å²) in [5, 5.41) is 1.03. The Hall–Kier alpha value is -2.66. The molecule has 28 heavy (non-hydrogen) atoms. The summed E-state index contributed by atoms with van der Waals surface area (Å²) in [6, 6.07) is 13.3. The highest BCUT2D eigenvalue weighted by Crippen LogP contribution is 2.35. The lowest BCUT2D eigenvalue weighted by atomic mass is 9.83. The maximum absolute atomic E-state index is 12.2. The first-order chi connectivity index (χ1) is 13.6. The van der Waals surface area contributed by atoms with Crippen molar-refractivity contribution in [2.75, 3.05) is 13.1 Å². The van der Waals surface area contributed by atoms with E-state index in [0.29, 0.717) is 17.4 Å². The Balaban J connectivity index is 1.48. The molecule has 2 aliphatic heterocycles. The molecule has 0 aliphatic carbocycles. The van der Waals surface area contributed by atoms with Gasteiger partial charge in [0, 0.05) is 55.3 Å². The molecule has 1 aromatic carbocycles. The zero-order chi connectivity index (χ0) is 19.3. The number of hydrogen-bond acceptors (Lipinski definition) is 4. The summed E-state index contributed by atoms with van der Waals surface area (Å²) in [5.74, 6) is 0.850. The zero-order valence-corrected chi connectivity index (χ0v) is 16.1. The summed E-state index contributed by atoms with van der Waals surface area (Å²) in [6.45, 7) is 5.52. The van der Waals surface area contributed by atoms with Crippen LogP contribution in [0.25, 0.3) is 11.0 Å². The molecule has 144 valence electrons. The molecule has 0 radical (unpaired) electrons. The number of likely N-dealkylation sites (tertiary alicyclic amines) is 1. The molecule has 2 bridgehead atoms. The van der Waals surface area contributed by atoms with Gasteiger partial charge in [-0.3, -0.25) is 9.69 Å². The van der Waals surface area contributed by atoms with Gasteiger partial charge in [-0.05, 0) is 48.1 Å². The summed E-state index contributed by atoms with van der Waals surface area (Å²) in [7, 11) is 0. The Labute approximate surface area is 163 Å². The van der Waals surface area contributed by atoms with Crippen LogP contribution in [0.3, 0.4) is 0 Å². The van der Waals surface area contributed by atoms with Crippen LogP contribution < -0.4 is 11.2 Å². The van der Waals surface area contributed by atoms with Gasteiger partial charge in [-0.25, -0.2) is 4.79 Å². The molecular weight excluding hydrogens is 352 g/mol. The maximum Gasteiger partial charge on any atom is 0.336 e. The maximum atomic E-state index is 12.2. The van der Waals surface area contributed by atoms with E-state index in [1.54, 1.807) is 12.1 Å². The van der Waals surface area contributed by atoms with Crippen molar-refractivity contribution < 1.29 is 4.42 Å². The van der Waals surface area contributed by atoms with Gasteiger partial charge < -0.3 is 8.98 Å². The number of piperidine rings is 1. The predicted octanol–water partition coefficient (Wildman–Crippen LogP) is 3.14. The summed E-state index contributed by atoms with van der Waals surface area (Å²) in [5.41, 5.74) is 3.91. The molecule has 0 N–H and O–H groups in total. The molecule has 3 aromatic rings. The van der Waals surface area contributed by atoms with Gasteiger partial charge in [-0.15, -0.1) is 0 Å². The highest BCUT2D eigenvalue weighted by Gasteiger charge is 2.34. The van der Waals surface area contributed by atoms with Crippen LogP contribution in [-0.2, 0) is 19.5 Å². The van der Waals surface area contributed by atoms with Gasteiger partial charge in [0.15, 0.2) is 0 Å². The average Bonchev–Trinajstić information content (AvgIpc) is 2.68. The summed E-state index contributed by atoms with van der Waals surface area (Å²) >= 11 is 0. The van der Waals surface area contributed by atoms with Crippen molar-refractivity contribution in [1.82, 2.24) is 9.47 Å². The molecule has 4 heterocycles. The number of pyridine rings is 1. The van der Waals surface area contributed by atoms with Gasteiger partial charge in [0.1, 0.15) is 5.58 Å². The van der Waals surface area contributed by atoms with E-state index in [1.807, 2.05) is 22.8 Å². The van der Waals surface area contributed by atoms with Crippen molar-refractivity contribution in [3.05, 3.63) is 80.1 Å². The Bertz CT molecular complexity index is 1160. The first-order valence-electron chi connectivity index (χ1n) is 10.1. The number of rotatable bonds is 3. The van der Waals surface area contributed by atoms with Crippen LogP contribution in [0.2, 0.25) is 0 Å². The molecule has 0 spiro atoms. The van der Waals surface area contributed by atoms with E-state index in [1.165, 1.54) is 5.56 Å². The Morgan fingerprint density at radius 1 is 1.07 bits per heavy atom.